The molecule has 0 atom stereocenters. The molecular weight excluding hydrogens is 290 g/mol. The summed E-state index contributed by atoms with van der Waals surface area (Å²) in [6, 6.07) is 9.53. The number of pyridine rings is 1. The second-order valence-corrected chi connectivity index (χ2v) is 5.61. The van der Waals surface area contributed by atoms with Gasteiger partial charge in [0.15, 0.2) is 5.78 Å². The summed E-state index contributed by atoms with van der Waals surface area (Å²) in [7, 11) is 0. The number of fused-ring (bicyclic) bond motifs is 3. The van der Waals surface area contributed by atoms with Crippen molar-refractivity contribution in [1.82, 2.24) is 15.3 Å². The summed E-state index contributed by atoms with van der Waals surface area (Å²) in [5.41, 5.74) is 2.20. The molecule has 5 nitrogen and oxygen atoms in total. The molecule has 1 amide bonds. The van der Waals surface area contributed by atoms with Crippen LogP contribution in [0, 0.1) is 0 Å². The average molecular weight is 309 g/mol. The second kappa shape index (κ2) is 6.20. The number of hydrogen-bond donors (Lipinski definition) is 2. The van der Waals surface area contributed by atoms with E-state index in [4.69, 9.17) is 0 Å². The minimum atomic E-state index is -0.242. The lowest BCUT2D eigenvalue weighted by Gasteiger charge is -2.06. The number of aromatic amines is 1. The molecule has 5 heteroatoms. The first-order valence-corrected chi connectivity index (χ1v) is 7.82. The number of aromatic nitrogens is 2. The summed E-state index contributed by atoms with van der Waals surface area (Å²) < 4.78 is 0. The molecule has 118 valence electrons. The topological polar surface area (TPSA) is 74.8 Å². The Hall–Kier alpha value is -2.69. The zero-order valence-electron chi connectivity index (χ0n) is 13.3. The van der Waals surface area contributed by atoms with Gasteiger partial charge in [-0.1, -0.05) is 31.5 Å². The first-order valence-electron chi connectivity index (χ1n) is 7.82. The fourth-order valence-electron chi connectivity index (χ4n) is 2.69. The van der Waals surface area contributed by atoms with E-state index in [0.717, 1.165) is 29.1 Å². The molecule has 0 spiro atoms. The number of unbranched alkanes of at least 4 members (excludes halogenated alkanes) is 1. The summed E-state index contributed by atoms with van der Waals surface area (Å²) in [6.45, 7) is 4.14. The van der Waals surface area contributed by atoms with Crippen molar-refractivity contribution in [2.75, 3.05) is 6.54 Å². The fraction of sp³-hybridized carbons (Fsp3) is 0.278. The number of carbonyl (C=O) groups excluding carboxylic acids is 2. The van der Waals surface area contributed by atoms with Crippen molar-refractivity contribution >= 4 is 33.5 Å². The van der Waals surface area contributed by atoms with Gasteiger partial charge in [0.25, 0.3) is 5.91 Å². The van der Waals surface area contributed by atoms with E-state index >= 15 is 0 Å². The smallest absolute Gasteiger partial charge is 0.269 e. The Balaban J connectivity index is 2.14. The molecule has 23 heavy (non-hydrogen) atoms. The van der Waals surface area contributed by atoms with Crippen LogP contribution in [0.3, 0.4) is 0 Å². The van der Waals surface area contributed by atoms with Crippen LogP contribution in [0.25, 0.3) is 21.8 Å². The number of H-pyrrole nitrogens is 1. The number of para-hydroxylation sites is 1. The van der Waals surface area contributed by atoms with Crippen LogP contribution in [0.5, 0.6) is 0 Å². The molecule has 3 rings (SSSR count). The van der Waals surface area contributed by atoms with Gasteiger partial charge in [-0.25, -0.2) is 4.98 Å². The van der Waals surface area contributed by atoms with Gasteiger partial charge in [0.05, 0.1) is 5.52 Å². The van der Waals surface area contributed by atoms with Gasteiger partial charge in [-0.2, -0.15) is 0 Å². The molecule has 0 bridgehead atoms. The lowest BCUT2D eigenvalue weighted by molar-refractivity contribution is 0.0948. The molecule has 0 saturated heterocycles. The molecule has 2 N–H and O–H groups in total. The Labute approximate surface area is 134 Å². The van der Waals surface area contributed by atoms with Gasteiger partial charge in [0, 0.05) is 29.8 Å². The van der Waals surface area contributed by atoms with Crippen LogP contribution in [-0.4, -0.2) is 28.2 Å². The molecule has 0 aliphatic carbocycles. The maximum atomic E-state index is 12.3. The highest BCUT2D eigenvalue weighted by molar-refractivity contribution is 6.15. The molecule has 3 aromatic rings. The van der Waals surface area contributed by atoms with E-state index in [2.05, 4.69) is 22.2 Å². The number of benzene rings is 1. The van der Waals surface area contributed by atoms with Crippen molar-refractivity contribution in [1.29, 1.82) is 0 Å². The van der Waals surface area contributed by atoms with E-state index in [0.29, 0.717) is 17.8 Å². The second-order valence-electron chi connectivity index (χ2n) is 5.61. The number of nitrogens with one attached hydrogen (secondary N) is 2. The average Bonchev–Trinajstić information content (AvgIpc) is 2.92. The van der Waals surface area contributed by atoms with Crippen molar-refractivity contribution in [3.63, 3.8) is 0 Å². The predicted molar refractivity (Wildman–Crippen MR) is 90.8 cm³/mol. The third-order valence-corrected chi connectivity index (χ3v) is 3.88. The first-order chi connectivity index (χ1) is 11.1. The Morgan fingerprint density at radius 2 is 2.00 bits per heavy atom. The number of amides is 1. The van der Waals surface area contributed by atoms with Crippen molar-refractivity contribution in [2.24, 2.45) is 0 Å². The van der Waals surface area contributed by atoms with Gasteiger partial charge in [-0.3, -0.25) is 9.59 Å². The molecule has 0 aliphatic heterocycles. The SMILES string of the molecule is CCCCNC(=O)c1cc2c([nH]c3ccccc32)c(C(C)=O)n1. The van der Waals surface area contributed by atoms with Gasteiger partial charge in [-0.05, 0) is 18.6 Å². The Morgan fingerprint density at radius 1 is 1.22 bits per heavy atom. The van der Waals surface area contributed by atoms with Crippen LogP contribution in [-0.2, 0) is 0 Å². The predicted octanol–water partition coefficient (Wildman–Crippen LogP) is 3.45. The Bertz CT molecular complexity index is 896. The van der Waals surface area contributed by atoms with Gasteiger partial charge in [0.2, 0.25) is 0 Å². The number of nitrogens with zero attached hydrogens (tertiary/aromatic N) is 1. The van der Waals surface area contributed by atoms with E-state index in [9.17, 15) is 9.59 Å². The lowest BCUT2D eigenvalue weighted by Crippen LogP contribution is -2.25. The number of rotatable bonds is 5. The quantitative estimate of drug-likeness (QED) is 0.560. The molecule has 1 aromatic carbocycles. The van der Waals surface area contributed by atoms with Crippen LogP contribution >= 0.6 is 0 Å². The molecule has 0 radical (unpaired) electrons. The van der Waals surface area contributed by atoms with Crippen molar-refractivity contribution in [3.05, 3.63) is 41.7 Å². The van der Waals surface area contributed by atoms with Crippen LogP contribution in [0.15, 0.2) is 30.3 Å². The van der Waals surface area contributed by atoms with E-state index in [1.54, 1.807) is 6.07 Å². The standard InChI is InChI=1S/C18H19N3O2/c1-3-4-9-19-18(23)15-10-13-12-7-5-6-8-14(12)20-17(13)16(21-15)11(2)22/h5-8,10,20H,3-4,9H2,1-2H3,(H,19,23). The maximum absolute atomic E-state index is 12.3. The Morgan fingerprint density at radius 3 is 2.74 bits per heavy atom. The highest BCUT2D eigenvalue weighted by Gasteiger charge is 2.17. The highest BCUT2D eigenvalue weighted by Crippen LogP contribution is 2.27. The minimum Gasteiger partial charge on any atom is -0.353 e. The normalized spacial score (nSPS) is 11.0. The van der Waals surface area contributed by atoms with Gasteiger partial charge in [0.1, 0.15) is 11.4 Å². The van der Waals surface area contributed by atoms with E-state index in [1.165, 1.54) is 6.92 Å². The molecule has 0 aliphatic rings. The van der Waals surface area contributed by atoms with Crippen molar-refractivity contribution in [2.45, 2.75) is 26.7 Å². The van der Waals surface area contributed by atoms with Crippen molar-refractivity contribution in [3.8, 4) is 0 Å². The molecule has 0 fully saturated rings. The van der Waals surface area contributed by atoms with Gasteiger partial charge in [-0.15, -0.1) is 0 Å². The number of Topliss-reactive ketones (excluding diaryl/α,β-unsaturated/α-hetero) is 1. The zero-order chi connectivity index (χ0) is 16.4. The molecule has 2 aromatic heterocycles. The summed E-state index contributed by atoms with van der Waals surface area (Å²) in [5, 5.41) is 4.68. The van der Waals surface area contributed by atoms with Crippen LogP contribution in [0.4, 0.5) is 0 Å². The zero-order valence-corrected chi connectivity index (χ0v) is 13.3. The monoisotopic (exact) mass is 309 g/mol. The van der Waals surface area contributed by atoms with Crippen LogP contribution in [0.2, 0.25) is 0 Å². The van der Waals surface area contributed by atoms with E-state index < -0.39 is 0 Å². The fourth-order valence-corrected chi connectivity index (χ4v) is 2.69. The lowest BCUT2D eigenvalue weighted by atomic mass is 10.1. The number of ketones is 1. The summed E-state index contributed by atoms with van der Waals surface area (Å²) >= 11 is 0. The first kappa shape index (κ1) is 15.2. The van der Waals surface area contributed by atoms with Crippen molar-refractivity contribution < 1.29 is 9.59 Å². The minimum absolute atomic E-state index is 0.162. The third-order valence-electron chi connectivity index (χ3n) is 3.88. The Kier molecular flexibility index (Phi) is 4.10. The summed E-state index contributed by atoms with van der Waals surface area (Å²) in [6.07, 6.45) is 1.93. The van der Waals surface area contributed by atoms with Crippen LogP contribution in [0.1, 0.15) is 47.7 Å². The van der Waals surface area contributed by atoms with E-state index in [-0.39, 0.29) is 17.4 Å². The molecule has 2 heterocycles. The summed E-state index contributed by atoms with van der Waals surface area (Å²) in [5.74, 6) is -0.405. The largest absolute Gasteiger partial charge is 0.353 e. The highest BCUT2D eigenvalue weighted by atomic mass is 16.2. The van der Waals surface area contributed by atoms with Crippen LogP contribution < -0.4 is 5.32 Å². The molecule has 0 unspecified atom stereocenters. The maximum Gasteiger partial charge on any atom is 0.269 e. The number of hydrogen-bond acceptors (Lipinski definition) is 3. The van der Waals surface area contributed by atoms with Gasteiger partial charge < -0.3 is 10.3 Å². The van der Waals surface area contributed by atoms with Gasteiger partial charge >= 0.3 is 0 Å². The third kappa shape index (κ3) is 2.82. The number of carbonyl (C=O) groups is 2. The van der Waals surface area contributed by atoms with E-state index in [1.807, 2.05) is 24.3 Å². The molecule has 0 saturated carbocycles. The molecular formula is C18H19N3O2. The summed E-state index contributed by atoms with van der Waals surface area (Å²) in [4.78, 5) is 31.8.